The third-order valence-corrected chi connectivity index (χ3v) is 3.59. The van der Waals surface area contributed by atoms with Gasteiger partial charge in [-0.1, -0.05) is 13.8 Å². The van der Waals surface area contributed by atoms with Crippen LogP contribution >= 0.6 is 0 Å². The van der Waals surface area contributed by atoms with E-state index in [1.807, 2.05) is 13.8 Å². The van der Waals surface area contributed by atoms with Crippen molar-refractivity contribution >= 4 is 11.9 Å². The predicted molar refractivity (Wildman–Crippen MR) is 77.1 cm³/mol. The summed E-state index contributed by atoms with van der Waals surface area (Å²) in [5.74, 6) is -1.16. The molecule has 3 unspecified atom stereocenters. The standard InChI is InChI=1S/C15H26O7/c1-3-11(2)14(17)22-9-8-19-6-7-20-10-13(16)12-4-5-21-15(12)18/h11-13,16H,3-10H2,1-2H3. The van der Waals surface area contributed by atoms with Crippen LogP contribution in [0, 0.1) is 11.8 Å². The van der Waals surface area contributed by atoms with Gasteiger partial charge in [0.15, 0.2) is 0 Å². The van der Waals surface area contributed by atoms with Crippen LogP contribution in [0.4, 0.5) is 0 Å². The van der Waals surface area contributed by atoms with E-state index < -0.39 is 12.0 Å². The molecule has 0 bridgehead atoms. The van der Waals surface area contributed by atoms with Crippen molar-refractivity contribution in [2.24, 2.45) is 11.8 Å². The highest BCUT2D eigenvalue weighted by Crippen LogP contribution is 2.18. The molecule has 1 N–H and O–H groups in total. The molecule has 0 aromatic carbocycles. The van der Waals surface area contributed by atoms with Crippen LogP contribution in [0.5, 0.6) is 0 Å². The maximum absolute atomic E-state index is 11.4. The molecule has 1 aliphatic rings. The van der Waals surface area contributed by atoms with Gasteiger partial charge >= 0.3 is 11.9 Å². The fourth-order valence-electron chi connectivity index (χ4n) is 1.91. The summed E-state index contributed by atoms with van der Waals surface area (Å²) in [6, 6.07) is 0. The molecule has 1 saturated heterocycles. The first kappa shape index (κ1) is 18.9. The van der Waals surface area contributed by atoms with Crippen molar-refractivity contribution in [1.82, 2.24) is 0 Å². The summed E-state index contributed by atoms with van der Waals surface area (Å²) in [7, 11) is 0. The first-order valence-electron chi connectivity index (χ1n) is 7.73. The maximum Gasteiger partial charge on any atom is 0.311 e. The van der Waals surface area contributed by atoms with Gasteiger partial charge in [0.1, 0.15) is 6.61 Å². The van der Waals surface area contributed by atoms with Crippen molar-refractivity contribution in [3.05, 3.63) is 0 Å². The lowest BCUT2D eigenvalue weighted by atomic mass is 10.0. The minimum Gasteiger partial charge on any atom is -0.465 e. The summed E-state index contributed by atoms with van der Waals surface area (Å²) in [6.45, 7) is 5.36. The molecule has 0 spiro atoms. The van der Waals surface area contributed by atoms with Crippen LogP contribution in [0.15, 0.2) is 0 Å². The number of carbonyl (C=O) groups excluding carboxylic acids is 2. The van der Waals surface area contributed by atoms with Crippen LogP contribution in [-0.2, 0) is 28.5 Å². The molecule has 0 aromatic rings. The topological polar surface area (TPSA) is 91.3 Å². The van der Waals surface area contributed by atoms with E-state index in [2.05, 4.69) is 0 Å². The molecule has 1 heterocycles. The Morgan fingerprint density at radius 2 is 2.00 bits per heavy atom. The Balaban J connectivity index is 1.93. The average molecular weight is 318 g/mol. The quantitative estimate of drug-likeness (QED) is 0.439. The molecule has 0 saturated carbocycles. The van der Waals surface area contributed by atoms with Gasteiger partial charge in [-0.05, 0) is 12.8 Å². The highest BCUT2D eigenvalue weighted by atomic mass is 16.6. The molecule has 7 heteroatoms. The predicted octanol–water partition coefficient (Wildman–Crippen LogP) is 0.533. The van der Waals surface area contributed by atoms with Crippen molar-refractivity contribution in [2.75, 3.05) is 39.6 Å². The molecule has 7 nitrogen and oxygen atoms in total. The highest BCUT2D eigenvalue weighted by molar-refractivity contribution is 5.74. The first-order valence-corrected chi connectivity index (χ1v) is 7.73. The molecule has 1 fully saturated rings. The smallest absolute Gasteiger partial charge is 0.311 e. The van der Waals surface area contributed by atoms with Gasteiger partial charge in [-0.2, -0.15) is 0 Å². The van der Waals surface area contributed by atoms with Crippen molar-refractivity contribution in [2.45, 2.75) is 32.8 Å². The fraction of sp³-hybridized carbons (Fsp3) is 0.867. The summed E-state index contributed by atoms with van der Waals surface area (Å²) in [4.78, 5) is 22.6. The van der Waals surface area contributed by atoms with Gasteiger partial charge in [0.2, 0.25) is 0 Å². The summed E-state index contributed by atoms with van der Waals surface area (Å²) in [5.41, 5.74) is 0. The number of esters is 2. The number of rotatable bonds is 11. The zero-order chi connectivity index (χ0) is 16.4. The van der Waals surface area contributed by atoms with Gasteiger partial charge in [0.05, 0.1) is 51.0 Å². The van der Waals surface area contributed by atoms with Crippen molar-refractivity contribution in [3.63, 3.8) is 0 Å². The second-order valence-electron chi connectivity index (χ2n) is 5.29. The number of aliphatic hydroxyl groups is 1. The Morgan fingerprint density at radius 1 is 1.32 bits per heavy atom. The van der Waals surface area contributed by atoms with Crippen molar-refractivity contribution in [1.29, 1.82) is 0 Å². The Kier molecular flexibility index (Phi) is 9.03. The average Bonchev–Trinajstić information content (AvgIpc) is 2.94. The lowest BCUT2D eigenvalue weighted by Gasteiger charge is -2.14. The van der Waals surface area contributed by atoms with Crippen LogP contribution in [0.2, 0.25) is 0 Å². The van der Waals surface area contributed by atoms with Crippen LogP contribution in [0.25, 0.3) is 0 Å². The summed E-state index contributed by atoms with van der Waals surface area (Å²) in [6.07, 6.45) is 0.442. The largest absolute Gasteiger partial charge is 0.465 e. The number of hydrogen-bond donors (Lipinski definition) is 1. The lowest BCUT2D eigenvalue weighted by molar-refractivity contribution is -0.150. The van der Waals surface area contributed by atoms with E-state index in [4.69, 9.17) is 18.9 Å². The normalized spacial score (nSPS) is 20.5. The molecule has 0 radical (unpaired) electrons. The number of cyclic esters (lactones) is 1. The summed E-state index contributed by atoms with van der Waals surface area (Å²) >= 11 is 0. The van der Waals surface area contributed by atoms with Gasteiger partial charge < -0.3 is 24.1 Å². The summed E-state index contributed by atoms with van der Waals surface area (Å²) < 4.78 is 20.3. The third kappa shape index (κ3) is 6.72. The van der Waals surface area contributed by atoms with E-state index in [0.29, 0.717) is 32.8 Å². The van der Waals surface area contributed by atoms with Gasteiger partial charge in [0, 0.05) is 0 Å². The summed E-state index contributed by atoms with van der Waals surface area (Å²) in [5, 5.41) is 9.77. The molecule has 0 aromatic heterocycles. The lowest BCUT2D eigenvalue weighted by Crippen LogP contribution is -2.29. The molecule has 1 rings (SSSR count). The second-order valence-corrected chi connectivity index (χ2v) is 5.29. The number of hydrogen-bond acceptors (Lipinski definition) is 7. The Bertz CT molecular complexity index is 345. The van der Waals surface area contributed by atoms with E-state index in [9.17, 15) is 14.7 Å². The van der Waals surface area contributed by atoms with Crippen LogP contribution < -0.4 is 0 Å². The second kappa shape index (κ2) is 10.5. The molecule has 128 valence electrons. The van der Waals surface area contributed by atoms with Crippen LogP contribution in [-0.4, -0.2) is 62.8 Å². The zero-order valence-corrected chi connectivity index (χ0v) is 13.3. The zero-order valence-electron chi connectivity index (χ0n) is 13.3. The van der Waals surface area contributed by atoms with E-state index in [1.165, 1.54) is 0 Å². The van der Waals surface area contributed by atoms with E-state index in [1.54, 1.807) is 0 Å². The molecule has 0 aliphatic carbocycles. The molecule has 22 heavy (non-hydrogen) atoms. The van der Waals surface area contributed by atoms with Gasteiger partial charge in [-0.3, -0.25) is 9.59 Å². The third-order valence-electron chi connectivity index (χ3n) is 3.59. The van der Waals surface area contributed by atoms with Crippen LogP contribution in [0.3, 0.4) is 0 Å². The van der Waals surface area contributed by atoms with Crippen LogP contribution in [0.1, 0.15) is 26.7 Å². The van der Waals surface area contributed by atoms with E-state index in [0.717, 1.165) is 6.42 Å². The van der Waals surface area contributed by atoms with Gasteiger partial charge in [-0.15, -0.1) is 0 Å². The SMILES string of the molecule is CCC(C)C(=O)OCCOCCOCC(O)C1CCOC1=O. The first-order chi connectivity index (χ1) is 10.6. The molecular weight excluding hydrogens is 292 g/mol. The minimum atomic E-state index is -0.841. The number of ether oxygens (including phenoxy) is 4. The highest BCUT2D eigenvalue weighted by Gasteiger charge is 2.33. The van der Waals surface area contributed by atoms with Gasteiger partial charge in [-0.25, -0.2) is 0 Å². The fourth-order valence-corrected chi connectivity index (χ4v) is 1.91. The van der Waals surface area contributed by atoms with E-state index in [-0.39, 0.29) is 31.1 Å². The number of aliphatic hydroxyl groups excluding tert-OH is 1. The van der Waals surface area contributed by atoms with Crippen molar-refractivity contribution in [3.8, 4) is 0 Å². The monoisotopic (exact) mass is 318 g/mol. The molecular formula is C15H26O7. The van der Waals surface area contributed by atoms with E-state index >= 15 is 0 Å². The van der Waals surface area contributed by atoms with Gasteiger partial charge in [0.25, 0.3) is 0 Å². The van der Waals surface area contributed by atoms with Crippen molar-refractivity contribution < 1.29 is 33.6 Å². The Morgan fingerprint density at radius 3 is 2.64 bits per heavy atom. The molecule has 3 atom stereocenters. The maximum atomic E-state index is 11.4. The molecule has 0 amide bonds. The Hall–Kier alpha value is -1.18. The minimum absolute atomic E-state index is 0.0755. The number of carbonyl (C=O) groups is 2. The Labute approximate surface area is 130 Å². The molecule has 1 aliphatic heterocycles.